The van der Waals surface area contributed by atoms with Crippen molar-refractivity contribution in [2.45, 2.75) is 76.4 Å². The molecule has 0 bridgehead atoms. The summed E-state index contributed by atoms with van der Waals surface area (Å²) < 4.78 is 41.5. The Hall–Kier alpha value is -2.81. The van der Waals surface area contributed by atoms with E-state index in [0.29, 0.717) is 37.8 Å². The number of nitrogens with zero attached hydrogens (tertiary/aromatic N) is 2. The van der Waals surface area contributed by atoms with Crippen LogP contribution in [0, 0.1) is 17.2 Å². The third-order valence-electron chi connectivity index (χ3n) is 7.87. The van der Waals surface area contributed by atoms with Crippen LogP contribution in [0.3, 0.4) is 0 Å². The predicted molar refractivity (Wildman–Crippen MR) is 127 cm³/mol. The number of carbonyl (C=O) groups excluding carboxylic acids is 1. The zero-order valence-electron chi connectivity index (χ0n) is 20.3. The van der Waals surface area contributed by atoms with Crippen molar-refractivity contribution in [3.8, 4) is 6.07 Å². The van der Waals surface area contributed by atoms with E-state index in [1.165, 1.54) is 31.2 Å². The smallest absolute Gasteiger partial charge is 0.336 e. The van der Waals surface area contributed by atoms with Crippen molar-refractivity contribution >= 4 is 5.91 Å². The van der Waals surface area contributed by atoms with E-state index in [1.807, 2.05) is 37.3 Å². The molecule has 0 N–H and O–H groups in total. The highest BCUT2D eigenvalue weighted by Crippen LogP contribution is 2.46. The summed E-state index contributed by atoms with van der Waals surface area (Å²) in [6.07, 6.45) is -1.64. The minimum atomic E-state index is -4.39. The van der Waals surface area contributed by atoms with Crippen LogP contribution >= 0.6 is 0 Å². The van der Waals surface area contributed by atoms with Gasteiger partial charge in [0.1, 0.15) is 0 Å². The lowest BCUT2D eigenvalue weighted by molar-refractivity contribution is -0.197. The van der Waals surface area contributed by atoms with E-state index in [9.17, 15) is 23.2 Å². The molecule has 2 aromatic carbocycles. The number of amides is 1. The topological polar surface area (TPSA) is 44.1 Å². The third kappa shape index (κ3) is 4.58. The van der Waals surface area contributed by atoms with Crippen LogP contribution in [0.5, 0.6) is 0 Å². The highest BCUT2D eigenvalue weighted by molar-refractivity contribution is 5.94. The van der Waals surface area contributed by atoms with Crippen LogP contribution in [-0.2, 0) is 10.8 Å². The van der Waals surface area contributed by atoms with Gasteiger partial charge in [-0.3, -0.25) is 4.79 Å². The molecule has 34 heavy (non-hydrogen) atoms. The first-order chi connectivity index (χ1) is 16.0. The second kappa shape index (κ2) is 9.82. The molecule has 0 unspecified atom stereocenters. The standard InChI is InChI=1S/C28H33F3N2O/c1-5-33(24-15-17-27(19-32,18-16-24)23-9-7-6-8-10-23)25(34)21-11-13-22(14-12-21)26(4,20(2)3)28(29,30)31/h6-14,20,24H,5,15-18H2,1-4H3/t24?,26-,27?/m0/s1. The second-order valence-corrected chi connectivity index (χ2v) is 9.81. The van der Waals surface area contributed by atoms with Crippen LogP contribution in [0.4, 0.5) is 13.2 Å². The molecule has 3 rings (SSSR count). The zero-order valence-corrected chi connectivity index (χ0v) is 20.3. The van der Waals surface area contributed by atoms with Crippen molar-refractivity contribution in [1.82, 2.24) is 4.90 Å². The summed E-state index contributed by atoms with van der Waals surface area (Å²) >= 11 is 0. The number of rotatable bonds is 6. The molecular formula is C28H33F3N2O. The van der Waals surface area contributed by atoms with Gasteiger partial charge in [-0.25, -0.2) is 0 Å². The van der Waals surface area contributed by atoms with Crippen LogP contribution in [0.1, 0.15) is 74.9 Å². The SMILES string of the molecule is CCN(C(=O)c1ccc([C@](C)(C(C)C)C(F)(F)F)cc1)C1CCC(C#N)(c2ccccc2)CC1. The molecule has 182 valence electrons. The van der Waals surface area contributed by atoms with Gasteiger partial charge >= 0.3 is 6.18 Å². The van der Waals surface area contributed by atoms with Gasteiger partial charge in [-0.15, -0.1) is 0 Å². The number of alkyl halides is 3. The number of carbonyl (C=O) groups is 1. The lowest BCUT2D eigenvalue weighted by atomic mass is 9.69. The van der Waals surface area contributed by atoms with E-state index in [4.69, 9.17) is 0 Å². The fourth-order valence-electron chi connectivity index (χ4n) is 5.15. The molecule has 0 heterocycles. The van der Waals surface area contributed by atoms with E-state index in [-0.39, 0.29) is 17.5 Å². The monoisotopic (exact) mass is 470 g/mol. The molecule has 1 aliphatic carbocycles. The first-order valence-corrected chi connectivity index (χ1v) is 11.9. The molecule has 0 aliphatic heterocycles. The number of hydrogen-bond donors (Lipinski definition) is 0. The van der Waals surface area contributed by atoms with Crippen LogP contribution in [0.25, 0.3) is 0 Å². The van der Waals surface area contributed by atoms with Gasteiger partial charge < -0.3 is 4.90 Å². The van der Waals surface area contributed by atoms with Crippen molar-refractivity contribution in [2.24, 2.45) is 5.92 Å². The lowest BCUT2D eigenvalue weighted by Gasteiger charge is -2.40. The largest absolute Gasteiger partial charge is 0.398 e. The van der Waals surface area contributed by atoms with Gasteiger partial charge in [-0.05, 0) is 68.7 Å². The van der Waals surface area contributed by atoms with Gasteiger partial charge in [0.2, 0.25) is 0 Å². The van der Waals surface area contributed by atoms with Gasteiger partial charge in [0.25, 0.3) is 5.91 Å². The molecule has 1 fully saturated rings. The number of halogens is 3. The Morgan fingerprint density at radius 3 is 2.09 bits per heavy atom. The van der Waals surface area contributed by atoms with E-state index in [2.05, 4.69) is 6.07 Å². The van der Waals surface area contributed by atoms with Crippen LogP contribution < -0.4 is 0 Å². The van der Waals surface area contributed by atoms with Crippen LogP contribution in [0.15, 0.2) is 54.6 Å². The van der Waals surface area contributed by atoms with Crippen molar-refractivity contribution in [2.75, 3.05) is 6.54 Å². The fourth-order valence-corrected chi connectivity index (χ4v) is 5.15. The van der Waals surface area contributed by atoms with Crippen molar-refractivity contribution in [1.29, 1.82) is 5.26 Å². The van der Waals surface area contributed by atoms with Crippen molar-refractivity contribution in [3.63, 3.8) is 0 Å². The molecule has 3 nitrogen and oxygen atoms in total. The Morgan fingerprint density at radius 1 is 1.09 bits per heavy atom. The second-order valence-electron chi connectivity index (χ2n) is 9.81. The van der Waals surface area contributed by atoms with E-state index >= 15 is 0 Å². The first kappa shape index (κ1) is 25.8. The van der Waals surface area contributed by atoms with E-state index in [1.54, 1.807) is 18.7 Å². The minimum absolute atomic E-state index is 0.00142. The summed E-state index contributed by atoms with van der Waals surface area (Å²) in [5.41, 5.74) is -0.965. The molecule has 1 aliphatic rings. The maximum absolute atomic E-state index is 13.8. The van der Waals surface area contributed by atoms with Gasteiger partial charge in [0.15, 0.2) is 0 Å². The predicted octanol–water partition coefficient (Wildman–Crippen LogP) is 7.03. The number of hydrogen-bond acceptors (Lipinski definition) is 2. The maximum Gasteiger partial charge on any atom is 0.398 e. The van der Waals surface area contributed by atoms with E-state index in [0.717, 1.165) is 5.56 Å². The summed E-state index contributed by atoms with van der Waals surface area (Å²) in [6.45, 7) is 6.75. The Kier molecular flexibility index (Phi) is 7.45. The van der Waals surface area contributed by atoms with Crippen LogP contribution in [0.2, 0.25) is 0 Å². The Balaban J connectivity index is 1.77. The molecule has 1 saturated carbocycles. The Morgan fingerprint density at radius 2 is 1.65 bits per heavy atom. The molecule has 2 aromatic rings. The third-order valence-corrected chi connectivity index (χ3v) is 7.87. The molecule has 1 amide bonds. The fraction of sp³-hybridized carbons (Fsp3) is 0.500. The lowest BCUT2D eigenvalue weighted by Crippen LogP contribution is -2.45. The molecule has 1 atom stereocenters. The van der Waals surface area contributed by atoms with Crippen LogP contribution in [-0.4, -0.2) is 29.6 Å². The molecule has 0 saturated heterocycles. The van der Waals surface area contributed by atoms with Gasteiger partial charge in [0, 0.05) is 18.2 Å². The minimum Gasteiger partial charge on any atom is -0.336 e. The van der Waals surface area contributed by atoms with Gasteiger partial charge in [0.05, 0.1) is 16.9 Å². The van der Waals surface area contributed by atoms with Crippen molar-refractivity contribution in [3.05, 3.63) is 71.3 Å². The quantitative estimate of drug-likeness (QED) is 0.455. The first-order valence-electron chi connectivity index (χ1n) is 11.9. The molecule has 0 spiro atoms. The molecule has 0 radical (unpaired) electrons. The maximum atomic E-state index is 13.8. The molecular weight excluding hydrogens is 437 g/mol. The average Bonchev–Trinajstić information content (AvgIpc) is 2.84. The average molecular weight is 471 g/mol. The summed E-state index contributed by atoms with van der Waals surface area (Å²) in [5.74, 6) is -0.824. The number of nitriles is 1. The summed E-state index contributed by atoms with van der Waals surface area (Å²) in [4.78, 5) is 15.1. The summed E-state index contributed by atoms with van der Waals surface area (Å²) in [7, 11) is 0. The highest BCUT2D eigenvalue weighted by Gasteiger charge is 2.54. The van der Waals surface area contributed by atoms with E-state index < -0.39 is 22.9 Å². The molecule has 6 heteroatoms. The number of benzene rings is 2. The van der Waals surface area contributed by atoms with Gasteiger partial charge in [-0.2, -0.15) is 18.4 Å². The Labute approximate surface area is 200 Å². The molecule has 0 aromatic heterocycles. The summed E-state index contributed by atoms with van der Waals surface area (Å²) in [5, 5.41) is 9.94. The highest BCUT2D eigenvalue weighted by atomic mass is 19.4. The Bertz CT molecular complexity index is 1020. The zero-order chi connectivity index (χ0) is 25.1. The summed E-state index contributed by atoms with van der Waals surface area (Å²) in [6, 6.07) is 18.2. The van der Waals surface area contributed by atoms with Crippen molar-refractivity contribution < 1.29 is 18.0 Å². The normalized spacial score (nSPS) is 22.6. The van der Waals surface area contributed by atoms with Gasteiger partial charge in [-0.1, -0.05) is 56.3 Å².